The molecule has 3 heterocycles. The van der Waals surface area contributed by atoms with E-state index >= 15 is 0 Å². The van der Waals surface area contributed by atoms with Gasteiger partial charge in [0, 0.05) is 25.4 Å². The molecule has 0 N–H and O–H groups in total. The number of anilines is 1. The van der Waals surface area contributed by atoms with Gasteiger partial charge in [0.25, 0.3) is 0 Å². The molecule has 0 bridgehead atoms. The molecular formula is C15H21BN4O3. The van der Waals surface area contributed by atoms with Crippen molar-refractivity contribution in [3.8, 4) is 0 Å². The molecule has 0 aliphatic carbocycles. The fourth-order valence-corrected chi connectivity index (χ4v) is 2.41. The van der Waals surface area contributed by atoms with Crippen LogP contribution in [0.15, 0.2) is 17.5 Å². The van der Waals surface area contributed by atoms with Crippen LogP contribution in [0.5, 0.6) is 0 Å². The Balaban J connectivity index is 1.25. The van der Waals surface area contributed by atoms with E-state index in [0.29, 0.717) is 37.7 Å². The molecule has 1 aromatic rings. The molecule has 0 aromatic carbocycles. The summed E-state index contributed by atoms with van der Waals surface area (Å²) in [4.78, 5) is 15.6. The number of aromatic nitrogens is 2. The van der Waals surface area contributed by atoms with Crippen molar-refractivity contribution in [3.05, 3.63) is 12.4 Å². The highest BCUT2D eigenvalue weighted by molar-refractivity contribution is 6.31. The van der Waals surface area contributed by atoms with Gasteiger partial charge in [-0.25, -0.2) is 9.97 Å². The molecular weight excluding hydrogens is 295 g/mol. The summed E-state index contributed by atoms with van der Waals surface area (Å²) in [6.07, 6.45) is 7.29. The third-order valence-electron chi connectivity index (χ3n) is 3.70. The highest BCUT2D eigenvalue weighted by Crippen LogP contribution is 2.14. The standard InChI is InChI=1S/C15H21BN4O3/c16-12-8-17-15(18-9-12)20-10-13(11-20)19-23-7-3-6-22-14-4-1-2-5-21-14/h8-9,14H,1-7,10-11H2. The van der Waals surface area contributed by atoms with Crippen molar-refractivity contribution >= 4 is 25.0 Å². The number of hydrogen-bond acceptors (Lipinski definition) is 7. The van der Waals surface area contributed by atoms with Crippen molar-refractivity contribution in [3.63, 3.8) is 0 Å². The van der Waals surface area contributed by atoms with E-state index in [2.05, 4.69) is 15.1 Å². The Morgan fingerprint density at radius 3 is 2.83 bits per heavy atom. The first-order chi connectivity index (χ1) is 11.3. The van der Waals surface area contributed by atoms with Gasteiger partial charge in [-0.2, -0.15) is 0 Å². The Kier molecular flexibility index (Phi) is 5.82. The van der Waals surface area contributed by atoms with Crippen molar-refractivity contribution in [2.45, 2.75) is 32.0 Å². The number of oxime groups is 1. The van der Waals surface area contributed by atoms with Gasteiger partial charge < -0.3 is 19.2 Å². The van der Waals surface area contributed by atoms with Crippen molar-refractivity contribution < 1.29 is 14.3 Å². The van der Waals surface area contributed by atoms with Gasteiger partial charge in [0.2, 0.25) is 5.95 Å². The van der Waals surface area contributed by atoms with E-state index in [1.807, 2.05) is 4.90 Å². The van der Waals surface area contributed by atoms with Gasteiger partial charge in [-0.15, -0.1) is 0 Å². The summed E-state index contributed by atoms with van der Waals surface area (Å²) in [5, 5.41) is 4.12. The molecule has 0 spiro atoms. The van der Waals surface area contributed by atoms with Gasteiger partial charge in [-0.3, -0.25) is 0 Å². The van der Waals surface area contributed by atoms with Crippen LogP contribution in [0, 0.1) is 0 Å². The average molecular weight is 316 g/mol. The van der Waals surface area contributed by atoms with E-state index in [1.54, 1.807) is 12.4 Å². The van der Waals surface area contributed by atoms with Crippen LogP contribution in [0.4, 0.5) is 5.95 Å². The Hall–Kier alpha value is -1.67. The minimum atomic E-state index is -0.0323. The summed E-state index contributed by atoms with van der Waals surface area (Å²) in [6.45, 7) is 3.38. The number of nitrogens with zero attached hydrogens (tertiary/aromatic N) is 4. The normalized spacial score (nSPS) is 21.0. The topological polar surface area (TPSA) is 69.1 Å². The molecule has 7 nitrogen and oxygen atoms in total. The molecule has 8 heteroatoms. The maximum absolute atomic E-state index is 5.63. The molecule has 2 saturated heterocycles. The molecule has 2 fully saturated rings. The maximum Gasteiger partial charge on any atom is 0.225 e. The molecule has 3 rings (SSSR count). The molecule has 1 atom stereocenters. The summed E-state index contributed by atoms with van der Waals surface area (Å²) in [7, 11) is 5.56. The molecule has 1 unspecified atom stereocenters. The lowest BCUT2D eigenvalue weighted by atomic mass is 10.0. The van der Waals surface area contributed by atoms with Gasteiger partial charge in [0.15, 0.2) is 6.29 Å². The molecule has 0 saturated carbocycles. The van der Waals surface area contributed by atoms with E-state index in [0.717, 1.165) is 31.6 Å². The van der Waals surface area contributed by atoms with Crippen LogP contribution in [0.1, 0.15) is 25.7 Å². The van der Waals surface area contributed by atoms with Crippen molar-refractivity contribution in [2.75, 3.05) is 37.8 Å². The minimum Gasteiger partial charge on any atom is -0.396 e. The lowest BCUT2D eigenvalue weighted by molar-refractivity contribution is -0.164. The molecule has 0 amide bonds. The second-order valence-corrected chi connectivity index (χ2v) is 5.68. The SMILES string of the molecule is [B]c1cnc(N2CC(=NOCCCOC3CCCCO3)C2)nc1. The molecule has 2 aliphatic rings. The zero-order valence-electron chi connectivity index (χ0n) is 13.2. The zero-order chi connectivity index (χ0) is 15.9. The second kappa shape index (κ2) is 8.26. The summed E-state index contributed by atoms with van der Waals surface area (Å²) >= 11 is 0. The summed E-state index contributed by atoms with van der Waals surface area (Å²) in [6, 6.07) is 0. The highest BCUT2D eigenvalue weighted by atomic mass is 16.7. The van der Waals surface area contributed by atoms with Gasteiger partial charge in [0.1, 0.15) is 14.5 Å². The zero-order valence-corrected chi connectivity index (χ0v) is 13.2. The van der Waals surface area contributed by atoms with E-state index < -0.39 is 0 Å². The lowest BCUT2D eigenvalue weighted by Crippen LogP contribution is -2.48. The third-order valence-corrected chi connectivity index (χ3v) is 3.70. The fourth-order valence-electron chi connectivity index (χ4n) is 2.41. The van der Waals surface area contributed by atoms with E-state index in [-0.39, 0.29) is 6.29 Å². The van der Waals surface area contributed by atoms with E-state index in [9.17, 15) is 0 Å². The monoisotopic (exact) mass is 316 g/mol. The molecule has 2 aliphatic heterocycles. The van der Waals surface area contributed by atoms with Gasteiger partial charge in [-0.05, 0) is 19.3 Å². The number of ether oxygens (including phenoxy) is 2. The number of rotatable bonds is 7. The third kappa shape index (κ3) is 4.90. The van der Waals surface area contributed by atoms with Gasteiger partial charge in [0.05, 0.1) is 25.4 Å². The second-order valence-electron chi connectivity index (χ2n) is 5.68. The lowest BCUT2D eigenvalue weighted by Gasteiger charge is -2.31. The molecule has 122 valence electrons. The quantitative estimate of drug-likeness (QED) is 0.412. The first-order valence-electron chi connectivity index (χ1n) is 8.04. The Morgan fingerprint density at radius 1 is 1.26 bits per heavy atom. The van der Waals surface area contributed by atoms with Crippen LogP contribution in [-0.2, 0) is 14.3 Å². The highest BCUT2D eigenvalue weighted by Gasteiger charge is 2.24. The van der Waals surface area contributed by atoms with Crippen molar-refractivity contribution in [1.29, 1.82) is 0 Å². The largest absolute Gasteiger partial charge is 0.396 e. The van der Waals surface area contributed by atoms with Gasteiger partial charge in [-0.1, -0.05) is 10.6 Å². The van der Waals surface area contributed by atoms with Crippen LogP contribution in [0.3, 0.4) is 0 Å². The first kappa shape index (κ1) is 16.2. The van der Waals surface area contributed by atoms with Gasteiger partial charge >= 0.3 is 0 Å². The smallest absolute Gasteiger partial charge is 0.225 e. The van der Waals surface area contributed by atoms with E-state index in [1.165, 1.54) is 6.42 Å². The molecule has 2 radical (unpaired) electrons. The predicted octanol–water partition coefficient (Wildman–Crippen LogP) is 0.396. The summed E-state index contributed by atoms with van der Waals surface area (Å²) in [5.74, 6) is 0.666. The van der Waals surface area contributed by atoms with Crippen molar-refractivity contribution in [1.82, 2.24) is 9.97 Å². The average Bonchev–Trinajstić information content (AvgIpc) is 2.54. The Bertz CT molecular complexity index is 512. The van der Waals surface area contributed by atoms with E-state index in [4.69, 9.17) is 22.2 Å². The predicted molar refractivity (Wildman–Crippen MR) is 87.2 cm³/mol. The number of hydrogen-bond donors (Lipinski definition) is 0. The fraction of sp³-hybridized carbons (Fsp3) is 0.667. The van der Waals surface area contributed by atoms with Crippen LogP contribution in [0.25, 0.3) is 0 Å². The summed E-state index contributed by atoms with van der Waals surface area (Å²) in [5.41, 5.74) is 1.55. The van der Waals surface area contributed by atoms with Crippen LogP contribution < -0.4 is 10.4 Å². The minimum absolute atomic E-state index is 0.0323. The first-order valence-corrected chi connectivity index (χ1v) is 8.04. The Labute approximate surface area is 137 Å². The van der Waals surface area contributed by atoms with Crippen molar-refractivity contribution in [2.24, 2.45) is 5.16 Å². The van der Waals surface area contributed by atoms with Crippen LogP contribution >= 0.6 is 0 Å². The van der Waals surface area contributed by atoms with Crippen LogP contribution in [0.2, 0.25) is 0 Å². The maximum atomic E-state index is 5.63. The Morgan fingerprint density at radius 2 is 2.09 bits per heavy atom. The summed E-state index contributed by atoms with van der Waals surface area (Å²) < 4.78 is 11.1. The molecule has 23 heavy (non-hydrogen) atoms. The molecule has 1 aromatic heterocycles. The van der Waals surface area contributed by atoms with Crippen LogP contribution in [-0.4, -0.2) is 62.7 Å².